The van der Waals surface area contributed by atoms with E-state index in [4.69, 9.17) is 0 Å². The van der Waals surface area contributed by atoms with Crippen LogP contribution < -0.4 is 0 Å². The third-order valence-corrected chi connectivity index (χ3v) is 6.17. The molecule has 4 rings (SSSR count). The monoisotopic (exact) mass is 334 g/mol. The number of hydrogen-bond donors (Lipinski definition) is 2. The van der Waals surface area contributed by atoms with E-state index >= 15 is 0 Å². The highest BCUT2D eigenvalue weighted by Crippen LogP contribution is 2.54. The molecule has 130 valence electrons. The third kappa shape index (κ3) is 2.74. The summed E-state index contributed by atoms with van der Waals surface area (Å²) in [4.78, 5) is 0. The molecule has 2 aromatic rings. The van der Waals surface area contributed by atoms with Gasteiger partial charge in [-0.05, 0) is 54.7 Å². The molecule has 0 unspecified atom stereocenters. The van der Waals surface area contributed by atoms with Gasteiger partial charge in [0.2, 0.25) is 0 Å². The van der Waals surface area contributed by atoms with Crippen molar-refractivity contribution in [2.24, 2.45) is 5.92 Å². The Hall–Kier alpha value is -1.90. The first-order valence-corrected chi connectivity index (χ1v) is 9.40. The number of benzene rings is 2. The van der Waals surface area contributed by atoms with Crippen LogP contribution in [0.5, 0.6) is 0 Å². The molecule has 2 aliphatic rings. The van der Waals surface area contributed by atoms with Gasteiger partial charge in [0.1, 0.15) is 5.60 Å². The summed E-state index contributed by atoms with van der Waals surface area (Å²) in [7, 11) is 0. The Bertz CT molecular complexity index is 750. The van der Waals surface area contributed by atoms with Crippen molar-refractivity contribution >= 4 is 0 Å². The highest BCUT2D eigenvalue weighted by atomic mass is 16.3. The maximum absolute atomic E-state index is 12.0. The second-order valence-corrected chi connectivity index (χ2v) is 7.43. The highest BCUT2D eigenvalue weighted by molar-refractivity contribution is 5.43. The Morgan fingerprint density at radius 1 is 0.880 bits per heavy atom. The Balaban J connectivity index is 1.89. The number of rotatable bonds is 3. The Morgan fingerprint density at radius 3 is 2.20 bits per heavy atom. The normalized spacial score (nSPS) is 29.4. The van der Waals surface area contributed by atoms with Crippen LogP contribution >= 0.6 is 0 Å². The van der Waals surface area contributed by atoms with Gasteiger partial charge in [-0.15, -0.1) is 0 Å². The molecule has 25 heavy (non-hydrogen) atoms. The van der Waals surface area contributed by atoms with Gasteiger partial charge >= 0.3 is 0 Å². The molecule has 0 spiro atoms. The van der Waals surface area contributed by atoms with Gasteiger partial charge in [-0.3, -0.25) is 0 Å². The van der Waals surface area contributed by atoms with Crippen molar-refractivity contribution in [3.8, 4) is 0 Å². The summed E-state index contributed by atoms with van der Waals surface area (Å²) in [6.45, 7) is -0.0122. The van der Waals surface area contributed by atoms with Gasteiger partial charge in [-0.1, -0.05) is 66.2 Å². The number of aliphatic hydroxyl groups excluding tert-OH is 1. The third-order valence-electron chi connectivity index (χ3n) is 6.17. The van der Waals surface area contributed by atoms with E-state index in [1.807, 2.05) is 36.4 Å². The molecule has 0 bridgehead atoms. The molecule has 0 radical (unpaired) electrons. The van der Waals surface area contributed by atoms with Gasteiger partial charge in [0, 0.05) is 12.5 Å². The molecule has 3 atom stereocenters. The van der Waals surface area contributed by atoms with Crippen molar-refractivity contribution in [2.45, 2.75) is 43.6 Å². The van der Waals surface area contributed by atoms with E-state index in [-0.39, 0.29) is 18.4 Å². The minimum absolute atomic E-state index is 0.0122. The van der Waals surface area contributed by atoms with Crippen LogP contribution in [0.4, 0.5) is 0 Å². The van der Waals surface area contributed by atoms with Crippen molar-refractivity contribution < 1.29 is 10.2 Å². The van der Waals surface area contributed by atoms with Crippen LogP contribution in [-0.4, -0.2) is 16.8 Å². The zero-order valence-electron chi connectivity index (χ0n) is 14.6. The lowest BCUT2D eigenvalue weighted by Gasteiger charge is -2.48. The van der Waals surface area contributed by atoms with E-state index in [1.54, 1.807) is 0 Å². The largest absolute Gasteiger partial charge is 0.396 e. The predicted molar refractivity (Wildman–Crippen MR) is 100 cm³/mol. The zero-order valence-corrected chi connectivity index (χ0v) is 14.6. The van der Waals surface area contributed by atoms with Crippen LogP contribution in [0.15, 0.2) is 71.8 Å². The van der Waals surface area contributed by atoms with E-state index in [1.165, 1.54) is 23.1 Å². The van der Waals surface area contributed by atoms with Gasteiger partial charge in [0.15, 0.2) is 0 Å². The van der Waals surface area contributed by atoms with Crippen molar-refractivity contribution in [3.05, 3.63) is 82.9 Å². The summed E-state index contributed by atoms with van der Waals surface area (Å²) in [5.74, 6) is -0.0672. The van der Waals surface area contributed by atoms with Gasteiger partial charge in [0.25, 0.3) is 0 Å². The second kappa shape index (κ2) is 6.78. The summed E-state index contributed by atoms with van der Waals surface area (Å²) >= 11 is 0. The first kappa shape index (κ1) is 16.6. The van der Waals surface area contributed by atoms with Crippen molar-refractivity contribution in [1.82, 2.24) is 0 Å². The Labute approximate surface area is 149 Å². The van der Waals surface area contributed by atoms with Crippen LogP contribution in [0, 0.1) is 5.92 Å². The summed E-state index contributed by atoms with van der Waals surface area (Å²) in [5, 5.41) is 22.3. The summed E-state index contributed by atoms with van der Waals surface area (Å²) in [6.07, 6.45) is 5.31. The minimum Gasteiger partial charge on any atom is -0.396 e. The molecule has 2 aromatic carbocycles. The van der Waals surface area contributed by atoms with Crippen LogP contribution in [0.2, 0.25) is 0 Å². The average molecular weight is 334 g/mol. The SMILES string of the molecule is OC[C@@H]1[C@@H](c2ccccc2)CC2=C(CCCC2)[C@@]1(O)c1ccccc1. The number of allylic oxidation sites excluding steroid dienone is 1. The molecule has 2 N–H and O–H groups in total. The van der Waals surface area contributed by atoms with Gasteiger partial charge in [-0.25, -0.2) is 0 Å². The minimum atomic E-state index is -1.06. The van der Waals surface area contributed by atoms with Crippen LogP contribution in [0.25, 0.3) is 0 Å². The average Bonchev–Trinajstić information content (AvgIpc) is 2.69. The zero-order chi connectivity index (χ0) is 17.3. The molecule has 2 nitrogen and oxygen atoms in total. The molecule has 2 aliphatic carbocycles. The first-order valence-electron chi connectivity index (χ1n) is 9.40. The maximum atomic E-state index is 12.0. The standard InChI is InChI=1S/C23H26O2/c24-16-22-20(17-9-3-1-4-10-17)15-18-11-7-8-14-21(18)23(22,25)19-12-5-2-6-13-19/h1-6,9-10,12-13,20,22,24-25H,7-8,11,14-16H2/t20-,22-,23+/m1/s1. The Morgan fingerprint density at radius 2 is 1.52 bits per heavy atom. The van der Waals surface area contributed by atoms with Gasteiger partial charge in [-0.2, -0.15) is 0 Å². The summed E-state index contributed by atoms with van der Waals surface area (Å²) < 4.78 is 0. The second-order valence-electron chi connectivity index (χ2n) is 7.43. The topological polar surface area (TPSA) is 40.5 Å². The fraction of sp³-hybridized carbons (Fsp3) is 0.391. The van der Waals surface area contributed by atoms with E-state index in [2.05, 4.69) is 24.3 Å². The highest BCUT2D eigenvalue weighted by Gasteiger charge is 2.50. The molecule has 0 amide bonds. The van der Waals surface area contributed by atoms with E-state index in [0.29, 0.717) is 0 Å². The van der Waals surface area contributed by atoms with Crippen molar-refractivity contribution in [1.29, 1.82) is 0 Å². The lowest BCUT2D eigenvalue weighted by molar-refractivity contribution is -0.0390. The van der Waals surface area contributed by atoms with Crippen molar-refractivity contribution in [2.75, 3.05) is 6.61 Å². The van der Waals surface area contributed by atoms with Gasteiger partial charge < -0.3 is 10.2 Å². The van der Waals surface area contributed by atoms with E-state index < -0.39 is 5.60 Å². The molecule has 0 saturated carbocycles. The molecule has 0 aromatic heterocycles. The van der Waals surface area contributed by atoms with E-state index in [0.717, 1.165) is 31.2 Å². The van der Waals surface area contributed by atoms with Crippen LogP contribution in [0.1, 0.15) is 49.1 Å². The van der Waals surface area contributed by atoms with Crippen LogP contribution in [0.3, 0.4) is 0 Å². The summed E-state index contributed by atoms with van der Waals surface area (Å²) in [5.41, 5.74) is 3.66. The molecular formula is C23H26O2. The van der Waals surface area contributed by atoms with Crippen LogP contribution in [-0.2, 0) is 5.60 Å². The molecule has 0 heterocycles. The fourth-order valence-electron chi connectivity index (χ4n) is 4.97. The quantitative estimate of drug-likeness (QED) is 0.809. The lowest BCUT2D eigenvalue weighted by atomic mass is 9.59. The molecule has 0 aliphatic heterocycles. The fourth-order valence-corrected chi connectivity index (χ4v) is 4.97. The number of aliphatic hydroxyl groups is 2. The van der Waals surface area contributed by atoms with E-state index in [9.17, 15) is 10.2 Å². The molecule has 0 saturated heterocycles. The summed E-state index contributed by atoms with van der Waals surface area (Å²) in [6, 6.07) is 20.4. The molecular weight excluding hydrogens is 308 g/mol. The molecule has 2 heteroatoms. The predicted octanol–water partition coefficient (Wildman–Crippen LogP) is 4.54. The Kier molecular flexibility index (Phi) is 4.49. The lowest BCUT2D eigenvalue weighted by Crippen LogP contribution is -2.46. The first-order chi connectivity index (χ1) is 12.2. The number of hydrogen-bond acceptors (Lipinski definition) is 2. The maximum Gasteiger partial charge on any atom is 0.116 e. The van der Waals surface area contributed by atoms with Crippen molar-refractivity contribution in [3.63, 3.8) is 0 Å². The van der Waals surface area contributed by atoms with Gasteiger partial charge in [0.05, 0.1) is 0 Å². The molecule has 0 fully saturated rings. The smallest absolute Gasteiger partial charge is 0.116 e.